The topological polar surface area (TPSA) is 208 Å². The van der Waals surface area contributed by atoms with Gasteiger partial charge in [-0.05, 0) is 43.5 Å². The number of benzene rings is 2. The van der Waals surface area contributed by atoms with Crippen molar-refractivity contribution >= 4 is 52.3 Å². The molecule has 0 saturated heterocycles. The molecule has 53 heavy (non-hydrogen) atoms. The number of para-hydroxylation sites is 2. The van der Waals surface area contributed by atoms with Crippen LogP contribution in [-0.4, -0.2) is 91.3 Å². The summed E-state index contributed by atoms with van der Waals surface area (Å²) < 4.78 is 42.4. The molecule has 0 fully saturated rings. The first-order valence-corrected chi connectivity index (χ1v) is 16.5. The van der Waals surface area contributed by atoms with Crippen LogP contribution in [0, 0.1) is 17.6 Å². The van der Waals surface area contributed by atoms with Gasteiger partial charge < -0.3 is 35.5 Å². The molecular formula is C36H41F2N5O10. The van der Waals surface area contributed by atoms with Crippen molar-refractivity contribution in [2.24, 2.45) is 5.92 Å². The summed E-state index contributed by atoms with van der Waals surface area (Å²) in [5.74, 6) is -9.49. The number of hydrogen-bond acceptors (Lipinski definition) is 11. The third-order valence-corrected chi connectivity index (χ3v) is 7.90. The number of nitrogens with one attached hydrogen (secondary N) is 4. The minimum absolute atomic E-state index is 0.0454. The lowest BCUT2D eigenvalue weighted by Crippen LogP contribution is -2.59. The van der Waals surface area contributed by atoms with E-state index in [0.29, 0.717) is 5.52 Å². The number of ketones is 1. The molecule has 0 unspecified atom stereocenters. The van der Waals surface area contributed by atoms with Crippen LogP contribution in [0.2, 0.25) is 0 Å². The van der Waals surface area contributed by atoms with Crippen LogP contribution in [0.3, 0.4) is 0 Å². The van der Waals surface area contributed by atoms with Gasteiger partial charge in [-0.15, -0.1) is 0 Å². The molecule has 15 nitrogen and oxygen atoms in total. The van der Waals surface area contributed by atoms with Gasteiger partial charge in [0.25, 0.3) is 5.91 Å². The van der Waals surface area contributed by atoms with E-state index in [1.54, 1.807) is 32.0 Å². The summed E-state index contributed by atoms with van der Waals surface area (Å²) in [6.45, 7) is 3.56. The van der Waals surface area contributed by atoms with Crippen molar-refractivity contribution in [1.29, 1.82) is 0 Å². The highest BCUT2D eigenvalue weighted by atomic mass is 19.1. The van der Waals surface area contributed by atoms with Crippen LogP contribution in [0.15, 0.2) is 54.6 Å². The minimum Gasteiger partial charge on any atom is -0.480 e. The van der Waals surface area contributed by atoms with E-state index in [1.807, 2.05) is 12.1 Å². The smallest absolute Gasteiger partial charge is 0.308 e. The molecule has 0 aliphatic rings. The van der Waals surface area contributed by atoms with Crippen LogP contribution in [0.25, 0.3) is 10.9 Å². The van der Waals surface area contributed by atoms with Crippen LogP contribution in [-0.2, 0) is 38.2 Å². The Balaban J connectivity index is 1.73. The molecule has 4 N–H and O–H groups in total. The molecule has 0 saturated carbocycles. The fraction of sp³-hybridized carbons (Fsp3) is 0.389. The SMILES string of the molecule is COC(=O)CC[C@H](NC(=O)[C@H](C)NC(=O)c1ccc2ccccc2n1)C(=O)N[C@H](C(=O)N[C@@H](CC(=O)OC)C(=O)COc1c(F)cccc1F)C(C)C. The highest BCUT2D eigenvalue weighted by Crippen LogP contribution is 2.21. The summed E-state index contributed by atoms with van der Waals surface area (Å²) in [5, 5.41) is 10.7. The van der Waals surface area contributed by atoms with Gasteiger partial charge in [0.15, 0.2) is 23.2 Å². The Hall–Kier alpha value is -6.00. The zero-order valence-corrected chi connectivity index (χ0v) is 29.7. The molecule has 4 amide bonds. The van der Waals surface area contributed by atoms with Crippen molar-refractivity contribution in [3.8, 4) is 5.75 Å². The van der Waals surface area contributed by atoms with E-state index in [9.17, 15) is 42.3 Å². The van der Waals surface area contributed by atoms with Crippen LogP contribution >= 0.6 is 0 Å². The van der Waals surface area contributed by atoms with Gasteiger partial charge in [0.1, 0.15) is 36.5 Å². The largest absolute Gasteiger partial charge is 0.480 e. The van der Waals surface area contributed by atoms with Crippen LogP contribution in [0.1, 0.15) is 50.5 Å². The van der Waals surface area contributed by atoms with Gasteiger partial charge in [0.2, 0.25) is 17.7 Å². The minimum atomic E-state index is -1.60. The maximum Gasteiger partial charge on any atom is 0.308 e. The number of carbonyl (C=O) groups is 7. The number of aromatic nitrogens is 1. The molecule has 0 spiro atoms. The maximum absolute atomic E-state index is 14.0. The molecule has 3 rings (SSSR count). The number of amides is 4. The number of rotatable bonds is 18. The second-order valence-electron chi connectivity index (χ2n) is 12.1. The molecule has 1 heterocycles. The molecule has 3 aromatic rings. The van der Waals surface area contributed by atoms with Gasteiger partial charge in [-0.25, -0.2) is 13.8 Å². The second-order valence-corrected chi connectivity index (χ2v) is 12.1. The van der Waals surface area contributed by atoms with E-state index in [-0.39, 0.29) is 18.5 Å². The standard InChI is InChI=1S/C36H41F2N5O10/c1-19(2)31(36(50)42-27(17-30(46)52-5)28(44)18-53-32-22(37)10-8-11-23(32)38)43-35(49)26(15-16-29(45)51-4)41-33(47)20(3)39-34(48)25-14-13-21-9-6-7-12-24(21)40-25/h6-14,19-20,26-27,31H,15-18H2,1-5H3,(H,39,48)(H,41,47)(H,42,50)(H,43,49)/t20-,26-,27-,31-/m0/s1. The number of fused-ring (bicyclic) bond motifs is 1. The summed E-state index contributed by atoms with van der Waals surface area (Å²) in [7, 11) is 2.18. The number of halogens is 2. The van der Waals surface area contributed by atoms with E-state index >= 15 is 0 Å². The lowest BCUT2D eigenvalue weighted by Gasteiger charge is -2.27. The van der Waals surface area contributed by atoms with E-state index in [2.05, 4.69) is 35.7 Å². The number of esters is 2. The highest BCUT2D eigenvalue weighted by molar-refractivity contribution is 5.99. The number of Topliss-reactive ketones (excluding diaryl/α,β-unsaturated/α-hetero) is 1. The van der Waals surface area contributed by atoms with Crippen LogP contribution < -0.4 is 26.0 Å². The zero-order chi connectivity index (χ0) is 39.2. The number of ether oxygens (including phenoxy) is 3. The van der Waals surface area contributed by atoms with Crippen LogP contribution in [0.5, 0.6) is 5.75 Å². The molecular weight excluding hydrogens is 700 g/mol. The number of hydrogen-bond donors (Lipinski definition) is 4. The van der Waals surface area contributed by atoms with E-state index in [0.717, 1.165) is 37.8 Å². The van der Waals surface area contributed by atoms with Crippen molar-refractivity contribution in [3.05, 3.63) is 71.9 Å². The molecule has 2 aromatic carbocycles. The Labute approximate surface area is 303 Å². The van der Waals surface area contributed by atoms with Crippen molar-refractivity contribution in [2.45, 2.75) is 64.2 Å². The van der Waals surface area contributed by atoms with Gasteiger partial charge in [0, 0.05) is 11.8 Å². The van der Waals surface area contributed by atoms with E-state index in [1.165, 1.54) is 13.0 Å². The second kappa shape index (κ2) is 19.6. The summed E-state index contributed by atoms with van der Waals surface area (Å²) in [4.78, 5) is 94.6. The number of carbonyl (C=O) groups excluding carboxylic acids is 7. The lowest BCUT2D eigenvalue weighted by atomic mass is 10.0. The van der Waals surface area contributed by atoms with Crippen molar-refractivity contribution < 1.29 is 56.6 Å². The lowest BCUT2D eigenvalue weighted by molar-refractivity contribution is -0.144. The van der Waals surface area contributed by atoms with Gasteiger partial charge in [-0.1, -0.05) is 44.2 Å². The molecule has 1 aromatic heterocycles. The summed E-state index contributed by atoms with van der Waals surface area (Å²) in [5.41, 5.74) is 0.608. The monoisotopic (exact) mass is 741 g/mol. The first-order valence-electron chi connectivity index (χ1n) is 16.5. The predicted molar refractivity (Wildman–Crippen MR) is 184 cm³/mol. The Morgan fingerprint density at radius 2 is 1.36 bits per heavy atom. The third-order valence-electron chi connectivity index (χ3n) is 7.90. The summed E-state index contributed by atoms with van der Waals surface area (Å²) in [6.07, 6.45) is -1.26. The van der Waals surface area contributed by atoms with Crippen molar-refractivity contribution in [3.63, 3.8) is 0 Å². The van der Waals surface area contributed by atoms with Gasteiger partial charge >= 0.3 is 11.9 Å². The van der Waals surface area contributed by atoms with Gasteiger partial charge in [0.05, 0.1) is 26.2 Å². The molecule has 0 aliphatic heterocycles. The van der Waals surface area contributed by atoms with Crippen molar-refractivity contribution in [1.82, 2.24) is 26.3 Å². The van der Waals surface area contributed by atoms with Gasteiger partial charge in [-0.2, -0.15) is 0 Å². The quantitative estimate of drug-likeness (QED) is 0.139. The average molecular weight is 742 g/mol. The first-order chi connectivity index (χ1) is 25.1. The normalized spacial score (nSPS) is 13.1. The molecule has 17 heteroatoms. The van der Waals surface area contributed by atoms with Crippen molar-refractivity contribution in [2.75, 3.05) is 20.8 Å². The Morgan fingerprint density at radius 1 is 0.717 bits per heavy atom. The average Bonchev–Trinajstić information content (AvgIpc) is 3.13. The molecule has 284 valence electrons. The predicted octanol–water partition coefficient (Wildman–Crippen LogP) is 1.91. The van der Waals surface area contributed by atoms with E-state index in [4.69, 9.17) is 4.74 Å². The molecule has 0 radical (unpaired) electrons. The zero-order valence-electron chi connectivity index (χ0n) is 29.7. The Kier molecular flexibility index (Phi) is 15.3. The maximum atomic E-state index is 14.0. The van der Waals surface area contributed by atoms with Crippen LogP contribution in [0.4, 0.5) is 8.78 Å². The fourth-order valence-electron chi connectivity index (χ4n) is 4.87. The molecule has 0 bridgehead atoms. The molecule has 4 atom stereocenters. The van der Waals surface area contributed by atoms with E-state index < -0.39 is 102 Å². The van der Waals surface area contributed by atoms with Gasteiger partial charge in [-0.3, -0.25) is 33.6 Å². The molecule has 0 aliphatic carbocycles. The number of pyridine rings is 1. The highest BCUT2D eigenvalue weighted by Gasteiger charge is 2.33. The Bertz CT molecular complexity index is 1820. The number of methoxy groups -OCH3 is 2. The summed E-state index contributed by atoms with van der Waals surface area (Å²) >= 11 is 0. The summed E-state index contributed by atoms with van der Waals surface area (Å²) in [6, 6.07) is 7.67. The Morgan fingerprint density at radius 3 is 2.00 bits per heavy atom. The fourth-order valence-corrected chi connectivity index (χ4v) is 4.87. The number of nitrogens with zero attached hydrogens (tertiary/aromatic N) is 1. The third kappa shape index (κ3) is 12.0. The first kappa shape index (κ1) is 41.4.